The first-order valence-electron chi connectivity index (χ1n) is 5.44. The van der Waals surface area contributed by atoms with Crippen molar-refractivity contribution in [3.8, 4) is 0 Å². The van der Waals surface area contributed by atoms with Gasteiger partial charge in [0.25, 0.3) is 5.91 Å². The third-order valence-electron chi connectivity index (χ3n) is 1.81. The van der Waals surface area contributed by atoms with Crippen LogP contribution in [0.4, 0.5) is 4.79 Å². The number of imide groups is 1. The first kappa shape index (κ1) is 16.5. The quantitative estimate of drug-likeness (QED) is 0.687. The summed E-state index contributed by atoms with van der Waals surface area (Å²) in [6.07, 6.45) is -2.36. The van der Waals surface area contributed by atoms with Gasteiger partial charge >= 0.3 is 6.09 Å². The molecule has 0 aliphatic carbocycles. The molecule has 0 spiro atoms. The van der Waals surface area contributed by atoms with Crippen molar-refractivity contribution in [2.75, 3.05) is 7.11 Å². The average Bonchev–Trinajstić information content (AvgIpc) is 2.14. The number of nitrogens with one attached hydrogen (secondary N) is 1. The number of Topliss-reactive ketones (excluding diaryl/α,β-unsaturated/α-hetero) is 1. The molecule has 2 atom stereocenters. The summed E-state index contributed by atoms with van der Waals surface area (Å²) in [5, 5.41) is 1.92. The van der Waals surface area contributed by atoms with Gasteiger partial charge in [0.05, 0.1) is 6.04 Å². The standard InChI is InChI=1S/C11H20N2O5/c1-6(12)7(14)8(17-5)9(15)13-10(16)18-11(2,3)4/h6,8H,12H2,1-5H3,(H,13,15,16)/t6-,8?/m1/s1. The van der Waals surface area contributed by atoms with Crippen LogP contribution < -0.4 is 11.1 Å². The summed E-state index contributed by atoms with van der Waals surface area (Å²) >= 11 is 0. The summed E-state index contributed by atoms with van der Waals surface area (Å²) < 4.78 is 9.59. The monoisotopic (exact) mass is 260 g/mol. The fourth-order valence-electron chi connectivity index (χ4n) is 1.06. The van der Waals surface area contributed by atoms with Crippen molar-refractivity contribution in [2.24, 2.45) is 5.73 Å². The summed E-state index contributed by atoms with van der Waals surface area (Å²) in [4.78, 5) is 34.5. The van der Waals surface area contributed by atoms with Crippen molar-refractivity contribution in [3.63, 3.8) is 0 Å². The Kier molecular flexibility index (Phi) is 5.93. The lowest BCUT2D eigenvalue weighted by Gasteiger charge is -2.20. The van der Waals surface area contributed by atoms with E-state index < -0.39 is 35.5 Å². The highest BCUT2D eigenvalue weighted by molar-refractivity contribution is 6.10. The van der Waals surface area contributed by atoms with Gasteiger partial charge in [-0.15, -0.1) is 0 Å². The van der Waals surface area contributed by atoms with Gasteiger partial charge in [-0.1, -0.05) is 0 Å². The predicted octanol–water partition coefficient (Wildman–Crippen LogP) is -0.0310. The molecule has 0 aromatic heterocycles. The largest absolute Gasteiger partial charge is 0.444 e. The highest BCUT2D eigenvalue weighted by Gasteiger charge is 2.30. The Bertz CT molecular complexity index is 333. The number of methoxy groups -OCH3 is 1. The fraction of sp³-hybridized carbons (Fsp3) is 0.727. The van der Waals surface area contributed by atoms with Crippen molar-refractivity contribution in [2.45, 2.75) is 45.4 Å². The zero-order valence-corrected chi connectivity index (χ0v) is 11.3. The normalized spacial score (nSPS) is 14.6. The molecule has 2 amide bonds. The summed E-state index contributed by atoms with van der Waals surface area (Å²) in [7, 11) is 1.18. The minimum Gasteiger partial charge on any atom is -0.444 e. The van der Waals surface area contributed by atoms with Crippen molar-refractivity contribution in [3.05, 3.63) is 0 Å². The second-order valence-electron chi connectivity index (χ2n) is 4.80. The van der Waals surface area contributed by atoms with Crippen molar-refractivity contribution >= 4 is 17.8 Å². The molecule has 7 nitrogen and oxygen atoms in total. The SMILES string of the molecule is COC(C(=O)NC(=O)OC(C)(C)C)C(=O)[C@@H](C)N. The van der Waals surface area contributed by atoms with Gasteiger partial charge < -0.3 is 15.2 Å². The first-order valence-corrected chi connectivity index (χ1v) is 5.44. The van der Waals surface area contributed by atoms with Gasteiger partial charge in [-0.3, -0.25) is 14.9 Å². The molecule has 0 heterocycles. The minimum absolute atomic E-state index is 0.612. The van der Waals surface area contributed by atoms with Crippen molar-refractivity contribution < 1.29 is 23.9 Å². The van der Waals surface area contributed by atoms with E-state index in [2.05, 4.69) is 0 Å². The Labute approximate surface area is 106 Å². The number of ketones is 1. The minimum atomic E-state index is -1.42. The Morgan fingerprint density at radius 2 is 1.72 bits per heavy atom. The van der Waals surface area contributed by atoms with Crippen LogP contribution in [-0.2, 0) is 19.1 Å². The van der Waals surface area contributed by atoms with Gasteiger partial charge in [0, 0.05) is 7.11 Å². The maximum atomic E-state index is 11.6. The lowest BCUT2D eigenvalue weighted by molar-refractivity contribution is -0.142. The van der Waals surface area contributed by atoms with Gasteiger partial charge in [-0.05, 0) is 27.7 Å². The number of carbonyl (C=O) groups is 3. The number of amides is 2. The molecule has 18 heavy (non-hydrogen) atoms. The molecular formula is C11H20N2O5. The smallest absolute Gasteiger partial charge is 0.414 e. The van der Waals surface area contributed by atoms with Crippen LogP contribution in [0, 0.1) is 0 Å². The van der Waals surface area contributed by atoms with Gasteiger partial charge in [-0.2, -0.15) is 0 Å². The molecule has 0 bridgehead atoms. The van der Waals surface area contributed by atoms with Gasteiger partial charge in [-0.25, -0.2) is 4.79 Å². The van der Waals surface area contributed by atoms with E-state index in [1.54, 1.807) is 20.8 Å². The zero-order chi connectivity index (χ0) is 14.5. The van der Waals surface area contributed by atoms with Crippen LogP contribution in [0.25, 0.3) is 0 Å². The molecule has 0 saturated carbocycles. The molecule has 104 valence electrons. The van der Waals surface area contributed by atoms with E-state index in [1.165, 1.54) is 14.0 Å². The van der Waals surface area contributed by atoms with E-state index >= 15 is 0 Å². The Hall–Kier alpha value is -1.47. The molecule has 3 N–H and O–H groups in total. The van der Waals surface area contributed by atoms with Gasteiger partial charge in [0.2, 0.25) is 0 Å². The number of nitrogens with two attached hydrogens (primary N) is 1. The number of ether oxygens (including phenoxy) is 2. The average molecular weight is 260 g/mol. The molecule has 1 unspecified atom stereocenters. The van der Waals surface area contributed by atoms with Gasteiger partial charge in [0.15, 0.2) is 11.9 Å². The van der Waals surface area contributed by atoms with E-state index in [9.17, 15) is 14.4 Å². The lowest BCUT2D eigenvalue weighted by Crippen LogP contribution is -2.49. The maximum Gasteiger partial charge on any atom is 0.414 e. The second kappa shape index (κ2) is 6.46. The molecule has 0 fully saturated rings. The molecule has 0 saturated heterocycles. The highest BCUT2D eigenvalue weighted by atomic mass is 16.6. The van der Waals surface area contributed by atoms with Crippen LogP contribution >= 0.6 is 0 Å². The molecule has 0 aromatic carbocycles. The summed E-state index contributed by atoms with van der Waals surface area (Å²) in [6.45, 7) is 6.38. The van der Waals surface area contributed by atoms with Crippen LogP contribution in [0.1, 0.15) is 27.7 Å². The molecule has 0 rings (SSSR count). The van der Waals surface area contributed by atoms with Crippen LogP contribution in [0.5, 0.6) is 0 Å². The van der Waals surface area contributed by atoms with E-state index in [1.807, 2.05) is 5.32 Å². The zero-order valence-electron chi connectivity index (χ0n) is 11.3. The van der Waals surface area contributed by atoms with Crippen LogP contribution in [-0.4, -0.2) is 42.6 Å². The fourth-order valence-corrected chi connectivity index (χ4v) is 1.06. The number of alkyl carbamates (subject to hydrolysis) is 1. The number of rotatable bonds is 4. The molecule has 7 heteroatoms. The number of hydrogen-bond acceptors (Lipinski definition) is 6. The van der Waals surface area contributed by atoms with E-state index in [-0.39, 0.29) is 0 Å². The maximum absolute atomic E-state index is 11.6. The van der Waals surface area contributed by atoms with Crippen molar-refractivity contribution in [1.29, 1.82) is 0 Å². The summed E-state index contributed by atoms with van der Waals surface area (Å²) in [6, 6.07) is -0.862. The molecule has 0 aliphatic heterocycles. The molecule has 0 radical (unpaired) electrons. The Morgan fingerprint density at radius 1 is 1.22 bits per heavy atom. The number of carbonyl (C=O) groups excluding carboxylic acids is 3. The summed E-state index contributed by atoms with van der Waals surface area (Å²) in [5.41, 5.74) is 4.62. The number of hydrogen-bond donors (Lipinski definition) is 2. The van der Waals surface area contributed by atoms with Crippen molar-refractivity contribution in [1.82, 2.24) is 5.32 Å². The Balaban J connectivity index is 4.55. The lowest BCUT2D eigenvalue weighted by atomic mass is 10.1. The third kappa shape index (κ3) is 5.74. The highest BCUT2D eigenvalue weighted by Crippen LogP contribution is 2.06. The van der Waals surface area contributed by atoms with Crippen LogP contribution in [0.15, 0.2) is 0 Å². The van der Waals surface area contributed by atoms with Gasteiger partial charge in [0.1, 0.15) is 5.60 Å². The third-order valence-corrected chi connectivity index (χ3v) is 1.81. The van der Waals surface area contributed by atoms with E-state index in [4.69, 9.17) is 15.2 Å². The van der Waals surface area contributed by atoms with Crippen LogP contribution in [0.2, 0.25) is 0 Å². The topological polar surface area (TPSA) is 108 Å². The second-order valence-corrected chi connectivity index (χ2v) is 4.80. The Morgan fingerprint density at radius 3 is 2.06 bits per heavy atom. The summed E-state index contributed by atoms with van der Waals surface area (Å²) in [5.74, 6) is -1.51. The molecular weight excluding hydrogens is 240 g/mol. The molecule has 0 aromatic rings. The van der Waals surface area contributed by atoms with Crippen LogP contribution in [0.3, 0.4) is 0 Å². The molecule has 0 aliphatic rings. The predicted molar refractivity (Wildman–Crippen MR) is 63.8 cm³/mol. The van der Waals surface area contributed by atoms with E-state index in [0.29, 0.717) is 0 Å². The first-order chi connectivity index (χ1) is 8.08. The van der Waals surface area contributed by atoms with E-state index in [0.717, 1.165) is 0 Å².